The molecule has 5 heteroatoms. The summed E-state index contributed by atoms with van der Waals surface area (Å²) in [5.74, 6) is -0.200. The number of rotatable bonds is 2. The zero-order valence-corrected chi connectivity index (χ0v) is 5.84. The van der Waals surface area contributed by atoms with Crippen LogP contribution in [0.1, 0.15) is 13.8 Å². The van der Waals surface area contributed by atoms with Crippen LogP contribution in [0.2, 0.25) is 0 Å². The van der Waals surface area contributed by atoms with Crippen LogP contribution < -0.4 is 11.2 Å². The predicted octanol–water partition coefficient (Wildman–Crippen LogP) is -0.380. The first-order chi connectivity index (χ1) is 4.54. The lowest BCUT2D eigenvalue weighted by Gasteiger charge is -1.93. The Bertz CT molecular complexity index is 185. The summed E-state index contributed by atoms with van der Waals surface area (Å²) in [5.41, 5.74) is 6.83. The SMILES string of the molecule is CC(=O)C(C)=NNC(N)=O. The van der Waals surface area contributed by atoms with Gasteiger partial charge in [-0.25, -0.2) is 10.2 Å². The van der Waals surface area contributed by atoms with Gasteiger partial charge in [0.25, 0.3) is 0 Å². The summed E-state index contributed by atoms with van der Waals surface area (Å²) in [5, 5.41) is 3.37. The van der Waals surface area contributed by atoms with Crippen molar-refractivity contribution in [1.29, 1.82) is 0 Å². The van der Waals surface area contributed by atoms with E-state index < -0.39 is 6.03 Å². The summed E-state index contributed by atoms with van der Waals surface area (Å²) in [6.07, 6.45) is 0. The van der Waals surface area contributed by atoms with Gasteiger partial charge >= 0.3 is 6.03 Å². The zero-order valence-electron chi connectivity index (χ0n) is 5.84. The summed E-state index contributed by atoms with van der Waals surface area (Å²) < 4.78 is 0. The van der Waals surface area contributed by atoms with Gasteiger partial charge in [-0.2, -0.15) is 5.10 Å². The largest absolute Gasteiger partial charge is 0.350 e. The molecule has 0 saturated carbocycles. The first-order valence-electron chi connectivity index (χ1n) is 2.64. The van der Waals surface area contributed by atoms with Crippen LogP contribution >= 0.6 is 0 Å². The Hall–Kier alpha value is -1.39. The van der Waals surface area contributed by atoms with E-state index in [9.17, 15) is 9.59 Å². The lowest BCUT2D eigenvalue weighted by molar-refractivity contribution is -0.111. The number of carbonyl (C=O) groups is 2. The van der Waals surface area contributed by atoms with Gasteiger partial charge in [0.1, 0.15) is 5.71 Å². The molecular weight excluding hydrogens is 134 g/mol. The Morgan fingerprint density at radius 3 is 2.20 bits per heavy atom. The highest BCUT2D eigenvalue weighted by molar-refractivity contribution is 6.38. The molecule has 0 aliphatic heterocycles. The van der Waals surface area contributed by atoms with Crippen LogP contribution in [0.25, 0.3) is 0 Å². The third-order valence-corrected chi connectivity index (χ3v) is 0.843. The predicted molar refractivity (Wildman–Crippen MR) is 36.5 cm³/mol. The summed E-state index contributed by atoms with van der Waals surface area (Å²) in [4.78, 5) is 20.5. The molecule has 2 amide bonds. The molecule has 56 valence electrons. The van der Waals surface area contributed by atoms with Gasteiger partial charge in [-0.3, -0.25) is 4.79 Å². The van der Waals surface area contributed by atoms with Crippen molar-refractivity contribution in [3.8, 4) is 0 Å². The van der Waals surface area contributed by atoms with E-state index in [0.29, 0.717) is 0 Å². The van der Waals surface area contributed by atoms with Gasteiger partial charge in [-0.15, -0.1) is 0 Å². The average molecular weight is 143 g/mol. The van der Waals surface area contributed by atoms with Crippen molar-refractivity contribution in [3.63, 3.8) is 0 Å². The van der Waals surface area contributed by atoms with Crippen LogP contribution in [-0.2, 0) is 4.79 Å². The van der Waals surface area contributed by atoms with E-state index in [1.165, 1.54) is 13.8 Å². The van der Waals surface area contributed by atoms with Crippen molar-refractivity contribution in [2.45, 2.75) is 13.8 Å². The molecule has 10 heavy (non-hydrogen) atoms. The molecule has 0 aromatic carbocycles. The van der Waals surface area contributed by atoms with Crippen molar-refractivity contribution >= 4 is 17.5 Å². The van der Waals surface area contributed by atoms with E-state index in [1.807, 2.05) is 5.43 Å². The molecule has 5 nitrogen and oxygen atoms in total. The van der Waals surface area contributed by atoms with Gasteiger partial charge in [0, 0.05) is 6.92 Å². The van der Waals surface area contributed by atoms with Gasteiger partial charge in [0.2, 0.25) is 0 Å². The number of carbonyl (C=O) groups excluding carboxylic acids is 2. The maximum absolute atomic E-state index is 10.4. The number of primary amides is 1. The van der Waals surface area contributed by atoms with Gasteiger partial charge in [0.05, 0.1) is 0 Å². The quantitative estimate of drug-likeness (QED) is 0.408. The number of nitrogens with two attached hydrogens (primary N) is 1. The second-order valence-electron chi connectivity index (χ2n) is 1.73. The second kappa shape index (κ2) is 3.60. The topological polar surface area (TPSA) is 84.6 Å². The molecule has 0 bridgehead atoms. The van der Waals surface area contributed by atoms with Crippen LogP contribution in [0.3, 0.4) is 0 Å². The number of hydrogen-bond acceptors (Lipinski definition) is 3. The highest BCUT2D eigenvalue weighted by Crippen LogP contribution is 1.75. The van der Waals surface area contributed by atoms with E-state index in [-0.39, 0.29) is 11.5 Å². The van der Waals surface area contributed by atoms with Crippen LogP contribution in [0.15, 0.2) is 5.10 Å². The maximum atomic E-state index is 10.4. The summed E-state index contributed by atoms with van der Waals surface area (Å²) >= 11 is 0. The molecule has 0 fully saturated rings. The third kappa shape index (κ3) is 3.59. The maximum Gasteiger partial charge on any atom is 0.332 e. The van der Waals surface area contributed by atoms with E-state index >= 15 is 0 Å². The Kier molecular flexibility index (Phi) is 3.10. The highest BCUT2D eigenvalue weighted by atomic mass is 16.2. The van der Waals surface area contributed by atoms with E-state index in [0.717, 1.165) is 0 Å². The fourth-order valence-electron chi connectivity index (χ4n) is 0.218. The molecule has 0 atom stereocenters. The molecular formula is C5H9N3O2. The molecule has 0 spiro atoms. The standard InChI is InChI=1S/C5H9N3O2/c1-3(4(2)9)7-8-5(6)10/h1-2H3,(H3,6,8,10). The monoisotopic (exact) mass is 143 g/mol. The number of nitrogens with zero attached hydrogens (tertiary/aromatic N) is 1. The molecule has 0 rings (SSSR count). The molecule has 0 aliphatic rings. The molecule has 0 aliphatic carbocycles. The van der Waals surface area contributed by atoms with Crippen LogP contribution in [0.5, 0.6) is 0 Å². The van der Waals surface area contributed by atoms with Gasteiger partial charge < -0.3 is 5.73 Å². The molecule has 0 aromatic rings. The number of hydrazone groups is 1. The molecule has 0 saturated heterocycles. The Morgan fingerprint density at radius 2 is 1.90 bits per heavy atom. The van der Waals surface area contributed by atoms with E-state index in [2.05, 4.69) is 10.8 Å². The molecule has 3 N–H and O–H groups in total. The van der Waals surface area contributed by atoms with Crippen LogP contribution in [0, 0.1) is 0 Å². The summed E-state index contributed by atoms with van der Waals surface area (Å²) in [6, 6.07) is -0.777. The van der Waals surface area contributed by atoms with Crippen LogP contribution in [-0.4, -0.2) is 17.5 Å². The molecule has 0 unspecified atom stereocenters. The second-order valence-corrected chi connectivity index (χ2v) is 1.73. The Morgan fingerprint density at radius 1 is 1.40 bits per heavy atom. The Balaban J connectivity index is 3.92. The fraction of sp³-hybridized carbons (Fsp3) is 0.400. The van der Waals surface area contributed by atoms with E-state index in [4.69, 9.17) is 0 Å². The minimum Gasteiger partial charge on any atom is -0.350 e. The third-order valence-electron chi connectivity index (χ3n) is 0.843. The average Bonchev–Trinajstić information content (AvgIpc) is 1.82. The summed E-state index contributed by atoms with van der Waals surface area (Å²) in [7, 11) is 0. The Labute approximate surface area is 58.3 Å². The van der Waals surface area contributed by atoms with Crippen molar-refractivity contribution in [2.24, 2.45) is 10.8 Å². The van der Waals surface area contributed by atoms with Crippen molar-refractivity contribution in [1.82, 2.24) is 5.43 Å². The van der Waals surface area contributed by atoms with Crippen LogP contribution in [0.4, 0.5) is 4.79 Å². The van der Waals surface area contributed by atoms with Crippen molar-refractivity contribution < 1.29 is 9.59 Å². The summed E-state index contributed by atoms with van der Waals surface area (Å²) in [6.45, 7) is 2.83. The number of hydrogen-bond donors (Lipinski definition) is 2. The first-order valence-corrected chi connectivity index (χ1v) is 2.64. The minimum absolute atomic E-state index is 0.200. The number of amides is 2. The highest BCUT2D eigenvalue weighted by Gasteiger charge is 1.96. The van der Waals surface area contributed by atoms with Crippen molar-refractivity contribution in [2.75, 3.05) is 0 Å². The van der Waals surface area contributed by atoms with E-state index in [1.54, 1.807) is 0 Å². The smallest absolute Gasteiger partial charge is 0.332 e. The lowest BCUT2D eigenvalue weighted by atomic mass is 10.3. The normalized spacial score (nSPS) is 10.8. The first kappa shape index (κ1) is 8.61. The zero-order chi connectivity index (χ0) is 8.15. The number of urea groups is 1. The molecule has 0 radical (unpaired) electrons. The molecule has 0 aromatic heterocycles. The van der Waals surface area contributed by atoms with Crippen molar-refractivity contribution in [3.05, 3.63) is 0 Å². The van der Waals surface area contributed by atoms with Gasteiger partial charge in [0.15, 0.2) is 5.78 Å². The number of nitrogens with one attached hydrogen (secondary N) is 1. The van der Waals surface area contributed by atoms with Gasteiger partial charge in [-0.1, -0.05) is 0 Å². The fourth-order valence-corrected chi connectivity index (χ4v) is 0.218. The number of ketones is 1. The van der Waals surface area contributed by atoms with Gasteiger partial charge in [-0.05, 0) is 6.92 Å². The lowest BCUT2D eigenvalue weighted by Crippen LogP contribution is -2.26. The number of Topliss-reactive ketones (excluding diaryl/α,β-unsaturated/α-hetero) is 1. The molecule has 0 heterocycles. The minimum atomic E-state index is -0.777.